The highest BCUT2D eigenvalue weighted by Gasteiger charge is 2.53. The highest BCUT2D eigenvalue weighted by atomic mass is 32.1. The number of carbonyl (C=O) groups excluding carboxylic acids is 1. The molecule has 0 radical (unpaired) electrons. The number of nitrogens with zero attached hydrogens (tertiary/aromatic N) is 2. The second-order valence-electron chi connectivity index (χ2n) is 5.70. The van der Waals surface area contributed by atoms with Crippen molar-refractivity contribution in [3.8, 4) is 17.9 Å². The number of nitrogens with one attached hydrogen (secondary N) is 1. The third-order valence-corrected chi connectivity index (χ3v) is 7.31. The molecule has 0 aromatic carbocycles. The summed E-state index contributed by atoms with van der Waals surface area (Å²) < 4.78 is 6.01. The number of aliphatic carboxylic acids is 1. The lowest BCUT2D eigenvalue weighted by atomic mass is 10.1. The highest BCUT2D eigenvalue weighted by molar-refractivity contribution is 7.28. The van der Waals surface area contributed by atoms with Gasteiger partial charge >= 0.3 is 5.97 Å². The van der Waals surface area contributed by atoms with E-state index in [1.165, 1.54) is 22.7 Å². The van der Waals surface area contributed by atoms with Crippen LogP contribution < -0.4 is 5.32 Å². The van der Waals surface area contributed by atoms with Gasteiger partial charge in [0.25, 0.3) is 0 Å². The summed E-state index contributed by atoms with van der Waals surface area (Å²) >= 11 is 4.07. The Hall–Kier alpha value is -2.72. The Morgan fingerprint density at radius 1 is 1.31 bits per heavy atom. The highest BCUT2D eigenvalue weighted by Crippen LogP contribution is 2.52. The van der Waals surface area contributed by atoms with Gasteiger partial charge in [0.2, 0.25) is 6.41 Å². The molecule has 128 valence electrons. The van der Waals surface area contributed by atoms with Gasteiger partial charge in [-0.15, -0.1) is 22.7 Å². The van der Waals surface area contributed by atoms with Crippen molar-refractivity contribution in [1.29, 1.82) is 5.26 Å². The first-order chi connectivity index (χ1) is 12.6. The predicted octanol–water partition coefficient (Wildman–Crippen LogP) is 3.38. The Kier molecular flexibility index (Phi) is 4.00. The molecule has 0 atom stereocenters. The number of amides is 1. The quantitative estimate of drug-likeness (QED) is 0.517. The molecule has 0 bridgehead atoms. The maximum Gasteiger partial charge on any atom is 0.314 e. The van der Waals surface area contributed by atoms with Crippen molar-refractivity contribution < 1.29 is 14.7 Å². The van der Waals surface area contributed by atoms with Crippen LogP contribution in [0.5, 0.6) is 0 Å². The lowest BCUT2D eigenvalue weighted by Crippen LogP contribution is -2.17. The molecule has 1 amide bonds. The van der Waals surface area contributed by atoms with Crippen LogP contribution in [-0.2, 0) is 15.0 Å². The first-order valence-corrected chi connectivity index (χ1v) is 9.87. The van der Waals surface area contributed by atoms with Crippen LogP contribution in [0.15, 0.2) is 12.1 Å². The fraction of sp³-hybridized carbons (Fsp3) is 0.176. The van der Waals surface area contributed by atoms with Gasteiger partial charge < -0.3 is 10.4 Å². The van der Waals surface area contributed by atoms with Crippen LogP contribution in [0, 0.1) is 23.2 Å². The lowest BCUT2D eigenvalue weighted by molar-refractivity contribution is -0.139. The average molecular weight is 399 g/mol. The molecule has 26 heavy (non-hydrogen) atoms. The summed E-state index contributed by atoms with van der Waals surface area (Å²) in [7, 11) is 0. The van der Waals surface area contributed by atoms with Crippen LogP contribution in [0.25, 0.3) is 9.40 Å². The van der Waals surface area contributed by atoms with Crippen LogP contribution in [0.1, 0.15) is 33.2 Å². The van der Waals surface area contributed by atoms with E-state index in [1.807, 2.05) is 18.2 Å². The van der Waals surface area contributed by atoms with E-state index in [0.29, 0.717) is 29.8 Å². The number of aromatic nitrogens is 1. The Morgan fingerprint density at radius 2 is 2.08 bits per heavy atom. The van der Waals surface area contributed by atoms with E-state index in [2.05, 4.69) is 21.5 Å². The van der Waals surface area contributed by atoms with Crippen LogP contribution in [0.2, 0.25) is 0 Å². The number of carbonyl (C=O) groups is 2. The summed E-state index contributed by atoms with van der Waals surface area (Å²) in [5, 5.41) is 20.9. The van der Waals surface area contributed by atoms with E-state index >= 15 is 0 Å². The molecule has 0 unspecified atom stereocenters. The summed E-state index contributed by atoms with van der Waals surface area (Å²) in [6.45, 7) is 0. The molecule has 1 aliphatic rings. The summed E-state index contributed by atoms with van der Waals surface area (Å²) in [4.78, 5) is 24.4. The number of hydrogen-bond donors (Lipinski definition) is 2. The van der Waals surface area contributed by atoms with Crippen LogP contribution in [0.4, 0.5) is 5.69 Å². The molecule has 0 spiro atoms. The fourth-order valence-corrected chi connectivity index (χ4v) is 5.73. The smallest absolute Gasteiger partial charge is 0.314 e. The van der Waals surface area contributed by atoms with Crippen molar-refractivity contribution in [2.75, 3.05) is 5.32 Å². The van der Waals surface area contributed by atoms with Crippen molar-refractivity contribution in [2.24, 2.45) is 0 Å². The predicted molar refractivity (Wildman–Crippen MR) is 101 cm³/mol. The molecule has 9 heteroatoms. The minimum Gasteiger partial charge on any atom is -0.481 e. The van der Waals surface area contributed by atoms with Crippen molar-refractivity contribution in [3.05, 3.63) is 32.5 Å². The monoisotopic (exact) mass is 399 g/mol. The Bertz CT molecular complexity index is 1120. The number of fused-ring (bicyclic) bond motifs is 1. The number of carboxylic acids is 1. The molecule has 0 aliphatic heterocycles. The fourth-order valence-electron chi connectivity index (χ4n) is 2.59. The Balaban J connectivity index is 1.64. The van der Waals surface area contributed by atoms with E-state index in [1.54, 1.807) is 0 Å². The number of rotatable bonds is 4. The van der Waals surface area contributed by atoms with E-state index in [-0.39, 0.29) is 5.69 Å². The second kappa shape index (κ2) is 6.22. The molecule has 1 fully saturated rings. The van der Waals surface area contributed by atoms with Crippen molar-refractivity contribution in [1.82, 2.24) is 4.37 Å². The van der Waals surface area contributed by atoms with Gasteiger partial charge in [-0.2, -0.15) is 9.64 Å². The van der Waals surface area contributed by atoms with Crippen molar-refractivity contribution in [3.63, 3.8) is 0 Å². The van der Waals surface area contributed by atoms with E-state index in [4.69, 9.17) is 5.26 Å². The molecule has 3 heterocycles. The zero-order chi connectivity index (χ0) is 18.3. The van der Waals surface area contributed by atoms with Gasteiger partial charge in [-0.25, -0.2) is 0 Å². The number of anilines is 1. The Morgan fingerprint density at radius 3 is 2.69 bits per heavy atom. The molecule has 3 aromatic rings. The number of nitriles is 1. The van der Waals surface area contributed by atoms with E-state index in [9.17, 15) is 14.7 Å². The first kappa shape index (κ1) is 16.7. The zero-order valence-corrected chi connectivity index (χ0v) is 15.5. The normalized spacial score (nSPS) is 14.3. The average Bonchev–Trinajstić information content (AvgIpc) is 3.00. The summed E-state index contributed by atoms with van der Waals surface area (Å²) in [6, 6.07) is 5.82. The first-order valence-electron chi connectivity index (χ1n) is 7.46. The van der Waals surface area contributed by atoms with Crippen LogP contribution >= 0.6 is 34.2 Å². The van der Waals surface area contributed by atoms with Gasteiger partial charge in [-0.3, -0.25) is 9.59 Å². The molecule has 3 aromatic heterocycles. The summed E-state index contributed by atoms with van der Waals surface area (Å²) in [6.07, 6.45) is 1.89. The van der Waals surface area contributed by atoms with Gasteiger partial charge in [0.05, 0.1) is 4.88 Å². The standard InChI is InChI=1S/C17H9N3O3S3/c18-7-10-15(19-8-21)11(26-20-10)2-1-9-5-12-13(24-9)6-14(25-12)17(3-4-17)16(22)23/h5-6,8H,3-4H2,(H,19,21)(H,22,23). The van der Waals surface area contributed by atoms with Gasteiger partial charge in [-0.1, -0.05) is 0 Å². The topological polar surface area (TPSA) is 103 Å². The van der Waals surface area contributed by atoms with Gasteiger partial charge in [0, 0.05) is 14.3 Å². The number of hydrogen-bond acceptors (Lipinski definition) is 7. The number of carboxylic acid groups (broad SMARTS) is 1. The minimum absolute atomic E-state index is 0.145. The van der Waals surface area contributed by atoms with Crippen LogP contribution in [0.3, 0.4) is 0 Å². The molecule has 1 aliphatic carbocycles. The SMILES string of the molecule is N#Cc1nsc(C#Cc2cc3sc(C4(C(=O)O)CC4)cc3s2)c1NC=O. The molecule has 4 rings (SSSR count). The Labute approximate surface area is 159 Å². The molecular formula is C17H9N3O3S3. The van der Waals surface area contributed by atoms with Gasteiger partial charge in [0.15, 0.2) is 5.69 Å². The number of thiophene rings is 2. The summed E-state index contributed by atoms with van der Waals surface area (Å²) in [5.74, 6) is 5.23. The largest absolute Gasteiger partial charge is 0.481 e. The molecular weight excluding hydrogens is 390 g/mol. The third-order valence-electron chi connectivity index (χ3n) is 4.14. The lowest BCUT2D eigenvalue weighted by Gasteiger charge is -2.04. The van der Waals surface area contributed by atoms with Crippen LogP contribution in [-0.4, -0.2) is 21.9 Å². The van der Waals surface area contributed by atoms with E-state index in [0.717, 1.165) is 30.7 Å². The van der Waals surface area contributed by atoms with Gasteiger partial charge in [0.1, 0.15) is 22.0 Å². The second-order valence-corrected chi connectivity index (χ2v) is 8.64. The van der Waals surface area contributed by atoms with E-state index < -0.39 is 11.4 Å². The molecule has 6 nitrogen and oxygen atoms in total. The zero-order valence-electron chi connectivity index (χ0n) is 13.0. The molecule has 0 saturated heterocycles. The van der Waals surface area contributed by atoms with Crippen molar-refractivity contribution >= 4 is 61.7 Å². The minimum atomic E-state index is -0.750. The molecule has 1 saturated carbocycles. The van der Waals surface area contributed by atoms with Gasteiger partial charge in [-0.05, 0) is 48.3 Å². The maximum atomic E-state index is 11.5. The van der Waals surface area contributed by atoms with Crippen molar-refractivity contribution in [2.45, 2.75) is 18.3 Å². The maximum absolute atomic E-state index is 11.5. The third kappa shape index (κ3) is 2.67. The summed E-state index contributed by atoms with van der Waals surface area (Å²) in [5.41, 5.74) is -0.203. The molecule has 2 N–H and O–H groups in total.